The van der Waals surface area contributed by atoms with Crippen molar-refractivity contribution < 1.29 is 13.2 Å². The summed E-state index contributed by atoms with van der Waals surface area (Å²) in [6.07, 6.45) is 1.65. The van der Waals surface area contributed by atoms with Gasteiger partial charge in [-0.2, -0.15) is 0 Å². The molecular formula is C15H18BrN3O3S. The first-order valence-corrected chi connectivity index (χ1v) is 9.06. The third-order valence-electron chi connectivity index (χ3n) is 3.15. The third kappa shape index (κ3) is 4.43. The summed E-state index contributed by atoms with van der Waals surface area (Å²) in [5.41, 5.74) is 0.771. The fourth-order valence-electron chi connectivity index (χ4n) is 1.90. The number of halogens is 1. The number of hydrogen-bond donors (Lipinski definition) is 1. The molecule has 1 N–H and O–H groups in total. The summed E-state index contributed by atoms with van der Waals surface area (Å²) in [6.45, 7) is 0.151. The Morgan fingerprint density at radius 3 is 2.57 bits per heavy atom. The first kappa shape index (κ1) is 17.7. The highest BCUT2D eigenvalue weighted by Gasteiger charge is 2.19. The Kier molecular flexibility index (Phi) is 5.61. The molecule has 1 aromatic carbocycles. The Morgan fingerprint density at radius 2 is 2.00 bits per heavy atom. The zero-order valence-electron chi connectivity index (χ0n) is 13.1. The highest BCUT2D eigenvalue weighted by Crippen LogP contribution is 2.27. The van der Waals surface area contributed by atoms with E-state index in [4.69, 9.17) is 4.74 Å². The number of anilines is 1. The van der Waals surface area contributed by atoms with Crippen LogP contribution in [0.25, 0.3) is 0 Å². The van der Waals surface area contributed by atoms with Crippen LogP contribution in [-0.2, 0) is 16.6 Å². The van der Waals surface area contributed by atoms with Crippen molar-refractivity contribution in [3.63, 3.8) is 0 Å². The predicted octanol–water partition coefficient (Wildman–Crippen LogP) is 2.40. The standard InChI is InChI=1S/C15H18BrN3O3S/c1-19(2)15-7-4-11(9-17-15)10-18-23(20,21)14-8-12(16)5-6-13(14)22-3/h4-9,18H,10H2,1-3H3. The van der Waals surface area contributed by atoms with Gasteiger partial charge >= 0.3 is 0 Å². The molecule has 1 aromatic heterocycles. The largest absolute Gasteiger partial charge is 0.495 e. The van der Waals surface area contributed by atoms with E-state index in [1.165, 1.54) is 13.2 Å². The maximum absolute atomic E-state index is 12.5. The lowest BCUT2D eigenvalue weighted by Gasteiger charge is -2.13. The zero-order valence-corrected chi connectivity index (χ0v) is 15.5. The van der Waals surface area contributed by atoms with E-state index >= 15 is 0 Å². The molecular weight excluding hydrogens is 382 g/mol. The van der Waals surface area contributed by atoms with Gasteiger partial charge in [0.25, 0.3) is 0 Å². The molecule has 124 valence electrons. The van der Waals surface area contributed by atoms with Crippen LogP contribution in [0.3, 0.4) is 0 Å². The van der Waals surface area contributed by atoms with E-state index in [1.54, 1.807) is 18.3 Å². The molecule has 0 radical (unpaired) electrons. The first-order chi connectivity index (χ1) is 10.8. The number of nitrogens with one attached hydrogen (secondary N) is 1. The van der Waals surface area contributed by atoms with Gasteiger partial charge in [-0.1, -0.05) is 22.0 Å². The van der Waals surface area contributed by atoms with Gasteiger partial charge in [-0.3, -0.25) is 0 Å². The number of rotatable bonds is 6. The van der Waals surface area contributed by atoms with Crippen LogP contribution in [-0.4, -0.2) is 34.6 Å². The second-order valence-electron chi connectivity index (χ2n) is 5.04. The molecule has 0 unspecified atom stereocenters. The van der Waals surface area contributed by atoms with E-state index in [1.807, 2.05) is 31.1 Å². The van der Waals surface area contributed by atoms with Gasteiger partial charge < -0.3 is 9.64 Å². The van der Waals surface area contributed by atoms with E-state index in [2.05, 4.69) is 25.6 Å². The van der Waals surface area contributed by atoms with Crippen LogP contribution in [0.2, 0.25) is 0 Å². The Labute approximate surface area is 144 Å². The molecule has 0 aliphatic rings. The first-order valence-electron chi connectivity index (χ1n) is 6.79. The summed E-state index contributed by atoms with van der Waals surface area (Å²) in [6, 6.07) is 8.51. The van der Waals surface area contributed by atoms with Crippen molar-refractivity contribution in [1.29, 1.82) is 0 Å². The van der Waals surface area contributed by atoms with Crippen LogP contribution in [0.1, 0.15) is 5.56 Å². The van der Waals surface area contributed by atoms with Crippen molar-refractivity contribution >= 4 is 31.8 Å². The van der Waals surface area contributed by atoms with Gasteiger partial charge in [0.15, 0.2) is 0 Å². The minimum absolute atomic E-state index is 0.0900. The highest BCUT2D eigenvalue weighted by molar-refractivity contribution is 9.10. The smallest absolute Gasteiger partial charge is 0.244 e. The second kappa shape index (κ2) is 7.29. The molecule has 0 amide bonds. The van der Waals surface area contributed by atoms with Gasteiger partial charge in [-0.25, -0.2) is 18.1 Å². The molecule has 1 heterocycles. The van der Waals surface area contributed by atoms with Gasteiger partial charge in [0.2, 0.25) is 10.0 Å². The van der Waals surface area contributed by atoms with Gasteiger partial charge in [0.1, 0.15) is 16.5 Å². The molecule has 8 heteroatoms. The third-order valence-corrected chi connectivity index (χ3v) is 5.06. The number of sulfonamides is 1. The number of benzene rings is 1. The summed E-state index contributed by atoms with van der Waals surface area (Å²) < 4.78 is 33.3. The second-order valence-corrected chi connectivity index (χ2v) is 7.69. The van der Waals surface area contributed by atoms with Crippen LogP contribution in [0.4, 0.5) is 5.82 Å². The predicted molar refractivity (Wildman–Crippen MR) is 93.3 cm³/mol. The Balaban J connectivity index is 2.17. The SMILES string of the molecule is COc1ccc(Br)cc1S(=O)(=O)NCc1ccc(N(C)C)nc1. The van der Waals surface area contributed by atoms with Crippen LogP contribution in [0.5, 0.6) is 5.75 Å². The average molecular weight is 400 g/mol. The average Bonchev–Trinajstić information content (AvgIpc) is 2.53. The van der Waals surface area contributed by atoms with Crippen molar-refractivity contribution in [2.24, 2.45) is 0 Å². The molecule has 6 nitrogen and oxygen atoms in total. The number of hydrogen-bond acceptors (Lipinski definition) is 5. The van der Waals surface area contributed by atoms with E-state index < -0.39 is 10.0 Å². The lowest BCUT2D eigenvalue weighted by molar-refractivity contribution is 0.402. The van der Waals surface area contributed by atoms with E-state index in [9.17, 15) is 8.42 Å². The maximum atomic E-state index is 12.5. The van der Waals surface area contributed by atoms with Gasteiger partial charge in [-0.05, 0) is 29.8 Å². The number of aromatic nitrogens is 1. The van der Waals surface area contributed by atoms with Crippen molar-refractivity contribution in [1.82, 2.24) is 9.71 Å². The lowest BCUT2D eigenvalue weighted by Crippen LogP contribution is -2.24. The lowest BCUT2D eigenvalue weighted by atomic mass is 10.3. The molecule has 0 aliphatic heterocycles. The van der Waals surface area contributed by atoms with Gasteiger partial charge in [-0.15, -0.1) is 0 Å². The van der Waals surface area contributed by atoms with E-state index in [-0.39, 0.29) is 11.4 Å². The van der Waals surface area contributed by atoms with Crippen LogP contribution >= 0.6 is 15.9 Å². The molecule has 2 aromatic rings. The summed E-state index contributed by atoms with van der Waals surface area (Å²) in [5.74, 6) is 1.10. The summed E-state index contributed by atoms with van der Waals surface area (Å²) in [4.78, 5) is 6.22. The Morgan fingerprint density at radius 1 is 1.26 bits per heavy atom. The normalized spacial score (nSPS) is 11.3. The number of pyridine rings is 1. The molecule has 2 rings (SSSR count). The van der Waals surface area contributed by atoms with Crippen molar-refractivity contribution in [3.8, 4) is 5.75 Å². The minimum Gasteiger partial charge on any atom is -0.495 e. The number of ether oxygens (including phenoxy) is 1. The van der Waals surface area contributed by atoms with Crippen LogP contribution < -0.4 is 14.4 Å². The zero-order chi connectivity index (χ0) is 17.0. The molecule has 0 saturated heterocycles. The molecule has 0 bridgehead atoms. The Hall–Kier alpha value is -1.64. The fraction of sp³-hybridized carbons (Fsp3) is 0.267. The fourth-order valence-corrected chi connectivity index (χ4v) is 3.63. The summed E-state index contributed by atoms with van der Waals surface area (Å²) >= 11 is 3.27. The molecule has 0 fully saturated rings. The van der Waals surface area contributed by atoms with Gasteiger partial charge in [0, 0.05) is 31.3 Å². The minimum atomic E-state index is -3.69. The summed E-state index contributed by atoms with van der Waals surface area (Å²) in [7, 11) is 1.53. The molecule has 23 heavy (non-hydrogen) atoms. The van der Waals surface area contributed by atoms with Gasteiger partial charge in [0.05, 0.1) is 7.11 Å². The monoisotopic (exact) mass is 399 g/mol. The van der Waals surface area contributed by atoms with Crippen LogP contribution in [0.15, 0.2) is 45.9 Å². The molecule has 0 spiro atoms. The topological polar surface area (TPSA) is 71.5 Å². The Bertz CT molecular complexity index is 777. The highest BCUT2D eigenvalue weighted by atomic mass is 79.9. The number of methoxy groups -OCH3 is 1. The molecule has 0 atom stereocenters. The van der Waals surface area contributed by atoms with Crippen molar-refractivity contribution in [2.75, 3.05) is 26.1 Å². The van der Waals surface area contributed by atoms with E-state index in [0.717, 1.165) is 11.4 Å². The van der Waals surface area contributed by atoms with Crippen LogP contribution in [0, 0.1) is 0 Å². The molecule has 0 aliphatic carbocycles. The quantitative estimate of drug-likeness (QED) is 0.807. The molecule has 0 saturated carbocycles. The van der Waals surface area contributed by atoms with E-state index in [0.29, 0.717) is 10.2 Å². The van der Waals surface area contributed by atoms with Crippen molar-refractivity contribution in [2.45, 2.75) is 11.4 Å². The maximum Gasteiger partial charge on any atom is 0.244 e. The summed E-state index contributed by atoms with van der Waals surface area (Å²) in [5, 5.41) is 0. The van der Waals surface area contributed by atoms with Crippen molar-refractivity contribution in [3.05, 3.63) is 46.6 Å². The number of nitrogens with zero attached hydrogens (tertiary/aromatic N) is 2.